The molecule has 0 aromatic rings. The molecule has 2 aliphatic heterocycles. The highest BCUT2D eigenvalue weighted by molar-refractivity contribution is 5.82. The lowest BCUT2D eigenvalue weighted by Crippen LogP contribution is -2.50. The monoisotopic (exact) mass is 308 g/mol. The maximum atomic E-state index is 12.2. The highest BCUT2D eigenvalue weighted by atomic mass is 16.3. The fourth-order valence-corrected chi connectivity index (χ4v) is 3.20. The predicted molar refractivity (Wildman–Crippen MR) is 79.7 cm³/mol. The Bertz CT molecular complexity index is 449. The van der Waals surface area contributed by atoms with Gasteiger partial charge in [-0.1, -0.05) is 0 Å². The van der Waals surface area contributed by atoms with Gasteiger partial charge in [-0.15, -0.1) is 0 Å². The van der Waals surface area contributed by atoms with Gasteiger partial charge in [0, 0.05) is 13.1 Å². The first kappa shape index (κ1) is 16.7. The molecule has 122 valence electrons. The third-order valence-corrected chi connectivity index (χ3v) is 4.43. The van der Waals surface area contributed by atoms with E-state index in [2.05, 4.69) is 11.4 Å². The minimum absolute atomic E-state index is 0.0116. The molecule has 0 bridgehead atoms. The lowest BCUT2D eigenvalue weighted by Gasteiger charge is -2.34. The molecule has 2 saturated heterocycles. The van der Waals surface area contributed by atoms with E-state index in [0.29, 0.717) is 13.1 Å². The Morgan fingerprint density at radius 1 is 1.09 bits per heavy atom. The number of piperidine rings is 1. The second-order valence-corrected chi connectivity index (χ2v) is 5.90. The summed E-state index contributed by atoms with van der Waals surface area (Å²) < 4.78 is 0. The van der Waals surface area contributed by atoms with Gasteiger partial charge in [0.05, 0.1) is 31.8 Å². The van der Waals surface area contributed by atoms with Crippen molar-refractivity contribution in [2.24, 2.45) is 0 Å². The number of aliphatic hydroxyl groups excluding tert-OH is 1. The first-order chi connectivity index (χ1) is 10.7. The highest BCUT2D eigenvalue weighted by Gasteiger charge is 2.29. The zero-order chi connectivity index (χ0) is 15.9. The van der Waals surface area contributed by atoms with Crippen LogP contribution in [0, 0.1) is 11.3 Å². The number of likely N-dealkylation sites (tertiary alicyclic amines) is 2. The van der Waals surface area contributed by atoms with E-state index in [1.165, 1.54) is 0 Å². The molecule has 22 heavy (non-hydrogen) atoms. The van der Waals surface area contributed by atoms with Crippen molar-refractivity contribution in [1.29, 1.82) is 5.26 Å². The number of amides is 2. The van der Waals surface area contributed by atoms with Gasteiger partial charge in [-0.25, -0.2) is 0 Å². The molecule has 0 aromatic heterocycles. The number of hydrogen-bond donors (Lipinski definition) is 2. The van der Waals surface area contributed by atoms with Gasteiger partial charge >= 0.3 is 0 Å². The summed E-state index contributed by atoms with van der Waals surface area (Å²) in [6.07, 6.45) is 4.41. The molecule has 0 aromatic carbocycles. The van der Waals surface area contributed by atoms with Crippen LogP contribution in [0.25, 0.3) is 0 Å². The summed E-state index contributed by atoms with van der Waals surface area (Å²) in [6.45, 7) is 1.44. The van der Waals surface area contributed by atoms with Gasteiger partial charge in [0.25, 0.3) is 0 Å². The topological polar surface area (TPSA) is 96.7 Å². The van der Waals surface area contributed by atoms with E-state index in [1.807, 2.05) is 0 Å². The van der Waals surface area contributed by atoms with E-state index < -0.39 is 0 Å². The third kappa shape index (κ3) is 3.96. The van der Waals surface area contributed by atoms with E-state index in [1.54, 1.807) is 9.80 Å². The van der Waals surface area contributed by atoms with Crippen LogP contribution in [0.4, 0.5) is 0 Å². The summed E-state index contributed by atoms with van der Waals surface area (Å²) in [7, 11) is 0. The molecule has 0 aliphatic carbocycles. The second-order valence-electron chi connectivity index (χ2n) is 5.90. The Balaban J connectivity index is 1.74. The standard InChI is InChI=1S/C15H24N4O3/c16-8-12-5-3-7-18(12)14(21)9-17-10-15(22)19-6-2-1-4-13(19)11-20/h12-13,17,20H,1-7,9-11H2. The SMILES string of the molecule is N#CC1CCCN1C(=O)CNCC(=O)N1CCCCC1CO. The first-order valence-electron chi connectivity index (χ1n) is 7.97. The van der Waals surface area contributed by atoms with Crippen molar-refractivity contribution in [3.8, 4) is 6.07 Å². The van der Waals surface area contributed by atoms with Crippen LogP contribution >= 0.6 is 0 Å². The molecule has 0 spiro atoms. The molecule has 0 saturated carbocycles. The van der Waals surface area contributed by atoms with E-state index in [-0.39, 0.29) is 43.6 Å². The molecule has 2 unspecified atom stereocenters. The van der Waals surface area contributed by atoms with Crippen molar-refractivity contribution in [2.75, 3.05) is 32.8 Å². The van der Waals surface area contributed by atoms with Crippen molar-refractivity contribution in [2.45, 2.75) is 44.2 Å². The number of aliphatic hydroxyl groups is 1. The van der Waals surface area contributed by atoms with Gasteiger partial charge in [-0.3, -0.25) is 14.9 Å². The summed E-state index contributed by atoms with van der Waals surface area (Å²) in [4.78, 5) is 27.5. The van der Waals surface area contributed by atoms with Gasteiger partial charge in [0.1, 0.15) is 6.04 Å². The Morgan fingerprint density at radius 3 is 2.45 bits per heavy atom. The third-order valence-electron chi connectivity index (χ3n) is 4.43. The summed E-state index contributed by atoms with van der Waals surface area (Å²) in [5.74, 6) is -0.209. The van der Waals surface area contributed by atoms with Crippen molar-refractivity contribution >= 4 is 11.8 Å². The molecule has 2 amide bonds. The number of carbonyl (C=O) groups is 2. The van der Waals surface area contributed by atoms with Gasteiger partial charge in [0.2, 0.25) is 11.8 Å². The molecule has 2 N–H and O–H groups in total. The van der Waals surface area contributed by atoms with Crippen LogP contribution in [0.2, 0.25) is 0 Å². The van der Waals surface area contributed by atoms with Gasteiger partial charge in [0.15, 0.2) is 0 Å². The lowest BCUT2D eigenvalue weighted by molar-refractivity contribution is -0.135. The van der Waals surface area contributed by atoms with E-state index in [9.17, 15) is 14.7 Å². The molecule has 2 heterocycles. The molecule has 0 radical (unpaired) electrons. The number of carbonyl (C=O) groups excluding carboxylic acids is 2. The minimum Gasteiger partial charge on any atom is -0.394 e. The summed E-state index contributed by atoms with van der Waals surface area (Å²) in [5, 5.41) is 21.2. The maximum absolute atomic E-state index is 12.2. The van der Waals surface area contributed by atoms with E-state index in [0.717, 1.165) is 32.1 Å². The van der Waals surface area contributed by atoms with Crippen LogP contribution in [-0.4, -0.2) is 71.6 Å². The van der Waals surface area contributed by atoms with Crippen LogP contribution in [-0.2, 0) is 9.59 Å². The zero-order valence-corrected chi connectivity index (χ0v) is 12.8. The minimum atomic E-state index is -0.328. The number of rotatable bonds is 5. The largest absolute Gasteiger partial charge is 0.394 e. The smallest absolute Gasteiger partial charge is 0.237 e. The van der Waals surface area contributed by atoms with Crippen molar-refractivity contribution in [3.63, 3.8) is 0 Å². The molecule has 2 rings (SSSR count). The predicted octanol–water partition coefficient (Wildman–Crippen LogP) is -0.536. The normalized spacial score (nSPS) is 25.1. The zero-order valence-electron chi connectivity index (χ0n) is 12.8. The Morgan fingerprint density at radius 2 is 1.77 bits per heavy atom. The number of nitrogens with zero attached hydrogens (tertiary/aromatic N) is 3. The number of nitrogens with one attached hydrogen (secondary N) is 1. The van der Waals surface area contributed by atoms with Crippen molar-refractivity contribution in [3.05, 3.63) is 0 Å². The molecule has 2 atom stereocenters. The van der Waals surface area contributed by atoms with Gasteiger partial charge < -0.3 is 14.9 Å². The first-order valence-corrected chi connectivity index (χ1v) is 7.97. The van der Waals surface area contributed by atoms with Crippen LogP contribution < -0.4 is 5.32 Å². The molecular formula is C15H24N4O3. The molecule has 2 aliphatic rings. The van der Waals surface area contributed by atoms with Gasteiger partial charge in [-0.05, 0) is 32.1 Å². The maximum Gasteiger partial charge on any atom is 0.237 e. The fourth-order valence-electron chi connectivity index (χ4n) is 3.20. The summed E-state index contributed by atoms with van der Waals surface area (Å²) in [6, 6.07) is 1.71. The molecular weight excluding hydrogens is 284 g/mol. The Hall–Kier alpha value is -1.65. The summed E-state index contributed by atoms with van der Waals surface area (Å²) in [5.41, 5.74) is 0. The number of hydrogen-bond acceptors (Lipinski definition) is 5. The van der Waals surface area contributed by atoms with E-state index in [4.69, 9.17) is 5.26 Å². The second kappa shape index (κ2) is 8.11. The molecule has 7 nitrogen and oxygen atoms in total. The molecule has 2 fully saturated rings. The van der Waals surface area contributed by atoms with Crippen LogP contribution in [0.1, 0.15) is 32.1 Å². The Kier molecular flexibility index (Phi) is 6.16. The van der Waals surface area contributed by atoms with E-state index >= 15 is 0 Å². The number of nitriles is 1. The Labute approximate surface area is 130 Å². The van der Waals surface area contributed by atoms with Crippen molar-refractivity contribution < 1.29 is 14.7 Å². The van der Waals surface area contributed by atoms with Gasteiger partial charge in [-0.2, -0.15) is 5.26 Å². The molecule has 7 heteroatoms. The average molecular weight is 308 g/mol. The quantitative estimate of drug-likeness (QED) is 0.711. The van der Waals surface area contributed by atoms with Crippen molar-refractivity contribution in [1.82, 2.24) is 15.1 Å². The van der Waals surface area contributed by atoms with Crippen LogP contribution in [0.15, 0.2) is 0 Å². The fraction of sp³-hybridized carbons (Fsp3) is 0.800. The highest BCUT2D eigenvalue weighted by Crippen LogP contribution is 2.17. The van der Waals surface area contributed by atoms with Crippen LogP contribution in [0.3, 0.4) is 0 Å². The summed E-state index contributed by atoms with van der Waals surface area (Å²) >= 11 is 0. The van der Waals surface area contributed by atoms with Crippen LogP contribution in [0.5, 0.6) is 0 Å². The lowest BCUT2D eigenvalue weighted by atomic mass is 10.0. The average Bonchev–Trinajstić information content (AvgIpc) is 3.03.